The Morgan fingerprint density at radius 3 is 1.59 bits per heavy atom. The van der Waals surface area contributed by atoms with Crippen molar-refractivity contribution in [1.29, 1.82) is 0 Å². The van der Waals surface area contributed by atoms with Gasteiger partial charge in [-0.2, -0.15) is 0 Å². The van der Waals surface area contributed by atoms with Crippen molar-refractivity contribution in [2.75, 3.05) is 25.1 Å². The number of hydrogen-bond acceptors (Lipinski definition) is 2. The summed E-state index contributed by atoms with van der Waals surface area (Å²) in [6.45, 7) is 7.32. The summed E-state index contributed by atoms with van der Waals surface area (Å²) in [6, 6.07) is 12.6. The number of nitrogens with zero attached hydrogens (tertiary/aromatic N) is 2. The third-order valence-electron chi connectivity index (χ3n) is 3.53. The molecule has 0 aliphatic heterocycles. The minimum atomic E-state index is 0. The van der Waals surface area contributed by atoms with E-state index in [1.807, 2.05) is 12.1 Å². The molecule has 0 amide bonds. The van der Waals surface area contributed by atoms with Crippen molar-refractivity contribution in [3.8, 4) is 5.75 Å². The molecular weight excluding hydrogens is 484 g/mol. The third kappa shape index (κ3) is 11.6. The van der Waals surface area contributed by atoms with Crippen LogP contribution in [0, 0.1) is 0 Å². The first-order chi connectivity index (χ1) is 9.76. The van der Waals surface area contributed by atoms with Crippen molar-refractivity contribution < 1.29 is 37.5 Å². The summed E-state index contributed by atoms with van der Waals surface area (Å²) >= 11 is 0. The predicted molar refractivity (Wildman–Crippen MR) is 88.0 cm³/mol. The molecule has 2 rings (SSSR count). The molecule has 154 valence electrons. The Bertz CT molecular complexity index is 542. The Morgan fingerprint density at radius 1 is 0.778 bits per heavy atom. The van der Waals surface area contributed by atoms with Crippen molar-refractivity contribution >= 4 is 30.1 Å². The maximum Gasteiger partial charge on any atom is 5.00 e. The SMILES string of the molecule is CCN(CC)c1cc[n+](Cc2ccc(OC)cc2)cc1.[F-].[F-].[F-].[F-].[F-].[F-].[Sb+5]. The van der Waals surface area contributed by atoms with Gasteiger partial charge in [-0.15, -0.1) is 0 Å². The smallest absolute Gasteiger partial charge is 1.00 e. The van der Waals surface area contributed by atoms with E-state index in [0.29, 0.717) is 0 Å². The van der Waals surface area contributed by atoms with Crippen LogP contribution in [0.4, 0.5) is 5.69 Å². The summed E-state index contributed by atoms with van der Waals surface area (Å²) < 4.78 is 7.36. The van der Waals surface area contributed by atoms with E-state index < -0.39 is 0 Å². The first-order valence-electron chi connectivity index (χ1n) is 7.13. The molecule has 0 N–H and O–H groups in total. The van der Waals surface area contributed by atoms with Gasteiger partial charge in [0, 0.05) is 36.5 Å². The molecule has 0 bridgehead atoms. The van der Waals surface area contributed by atoms with Crippen molar-refractivity contribution in [3.05, 3.63) is 54.4 Å². The molecule has 0 saturated carbocycles. The molecule has 0 aliphatic carbocycles. The van der Waals surface area contributed by atoms with Gasteiger partial charge in [0.1, 0.15) is 5.75 Å². The zero-order valence-electron chi connectivity index (χ0n) is 15.3. The summed E-state index contributed by atoms with van der Waals surface area (Å²) in [5.74, 6) is 0.899. The Balaban J connectivity index is -0.000000157. The minimum absolute atomic E-state index is 0. The molecule has 1 aromatic carbocycles. The maximum absolute atomic E-state index is 5.17. The van der Waals surface area contributed by atoms with Crippen molar-refractivity contribution in [3.63, 3.8) is 0 Å². The van der Waals surface area contributed by atoms with Gasteiger partial charge in [0.25, 0.3) is 0 Å². The van der Waals surface area contributed by atoms with E-state index in [4.69, 9.17) is 4.74 Å². The second-order valence-electron chi connectivity index (χ2n) is 4.75. The maximum atomic E-state index is 5.17. The zero-order chi connectivity index (χ0) is 14.4. The molecule has 0 saturated heterocycles. The van der Waals surface area contributed by atoms with Crippen LogP contribution in [-0.4, -0.2) is 44.6 Å². The molecule has 1 heterocycles. The van der Waals surface area contributed by atoms with Crippen LogP contribution < -0.4 is 42.4 Å². The zero-order valence-corrected chi connectivity index (χ0v) is 17.8. The van der Waals surface area contributed by atoms with E-state index in [9.17, 15) is 0 Å². The van der Waals surface area contributed by atoms with Crippen LogP contribution in [0.2, 0.25) is 0 Å². The summed E-state index contributed by atoms with van der Waals surface area (Å²) in [5.41, 5.74) is 2.55. The van der Waals surface area contributed by atoms with Crippen LogP contribution in [0.15, 0.2) is 48.8 Å². The van der Waals surface area contributed by atoms with Gasteiger partial charge < -0.3 is 37.9 Å². The van der Waals surface area contributed by atoms with Gasteiger partial charge in [-0.1, -0.05) is 0 Å². The molecule has 2 aromatic rings. The van der Waals surface area contributed by atoms with Crippen LogP contribution in [0.1, 0.15) is 19.4 Å². The Morgan fingerprint density at radius 2 is 1.22 bits per heavy atom. The molecule has 3 nitrogen and oxygen atoms in total. The van der Waals surface area contributed by atoms with E-state index in [2.05, 4.69) is 60.0 Å². The van der Waals surface area contributed by atoms with Crippen LogP contribution in [0.5, 0.6) is 5.75 Å². The molecule has 0 atom stereocenters. The topological polar surface area (TPSA) is 16.4 Å². The second-order valence-corrected chi connectivity index (χ2v) is 4.75. The Labute approximate surface area is 173 Å². The summed E-state index contributed by atoms with van der Waals surface area (Å²) in [4.78, 5) is 2.34. The number of halogens is 6. The molecule has 1 aromatic heterocycles. The van der Waals surface area contributed by atoms with Crippen molar-refractivity contribution in [2.24, 2.45) is 0 Å². The Hall–Kier alpha value is -1.63. The normalized spacial score (nSPS) is 7.67. The first-order valence-corrected chi connectivity index (χ1v) is 7.13. The first kappa shape index (κ1) is 40.2. The fraction of sp³-hybridized carbons (Fsp3) is 0.353. The molecular formula is C17H23F6N2OSb. The third-order valence-corrected chi connectivity index (χ3v) is 3.53. The van der Waals surface area contributed by atoms with Crippen LogP contribution >= 0.6 is 0 Å². The summed E-state index contributed by atoms with van der Waals surface area (Å²) in [5, 5.41) is 0. The molecule has 0 spiro atoms. The fourth-order valence-electron chi connectivity index (χ4n) is 2.30. The van der Waals surface area contributed by atoms with E-state index >= 15 is 0 Å². The van der Waals surface area contributed by atoms with Gasteiger partial charge in [0.15, 0.2) is 18.9 Å². The second kappa shape index (κ2) is 20.7. The van der Waals surface area contributed by atoms with Crippen LogP contribution in [0.3, 0.4) is 0 Å². The molecule has 0 aliphatic rings. The van der Waals surface area contributed by atoms with E-state index in [-0.39, 0.29) is 52.7 Å². The fourth-order valence-corrected chi connectivity index (χ4v) is 2.30. The van der Waals surface area contributed by atoms with E-state index in [0.717, 1.165) is 25.4 Å². The molecule has 10 heteroatoms. The minimum Gasteiger partial charge on any atom is -1.00 e. The molecule has 0 fully saturated rings. The van der Waals surface area contributed by atoms with Gasteiger partial charge in [-0.25, -0.2) is 4.57 Å². The number of hydrogen-bond donors (Lipinski definition) is 0. The van der Waals surface area contributed by atoms with Gasteiger partial charge in [-0.05, 0) is 38.1 Å². The number of ether oxygens (including phenoxy) is 1. The van der Waals surface area contributed by atoms with Gasteiger partial charge in [0.2, 0.25) is 0 Å². The summed E-state index contributed by atoms with van der Waals surface area (Å²) in [7, 11) is 1.69. The number of methoxy groups -OCH3 is 1. The predicted octanol–water partition coefficient (Wildman–Crippen LogP) is -15.5. The van der Waals surface area contributed by atoms with E-state index in [1.54, 1.807) is 7.11 Å². The number of pyridine rings is 1. The van der Waals surface area contributed by atoms with Crippen LogP contribution in [0.25, 0.3) is 0 Å². The van der Waals surface area contributed by atoms with Gasteiger partial charge >= 0.3 is 24.4 Å². The monoisotopic (exact) mass is 506 g/mol. The van der Waals surface area contributed by atoms with Gasteiger partial charge in [0.05, 0.1) is 7.11 Å². The molecule has 0 radical (unpaired) electrons. The average Bonchev–Trinajstić information content (AvgIpc) is 2.51. The van der Waals surface area contributed by atoms with Crippen LogP contribution in [-0.2, 0) is 6.54 Å². The van der Waals surface area contributed by atoms with E-state index in [1.165, 1.54) is 11.3 Å². The number of benzene rings is 1. The summed E-state index contributed by atoms with van der Waals surface area (Å²) in [6.07, 6.45) is 4.27. The van der Waals surface area contributed by atoms with Crippen molar-refractivity contribution in [1.82, 2.24) is 0 Å². The largest absolute Gasteiger partial charge is 5.00 e. The quantitative estimate of drug-likeness (QED) is 0.220. The molecule has 0 unspecified atom stereocenters. The molecule has 27 heavy (non-hydrogen) atoms. The average molecular weight is 507 g/mol. The number of rotatable bonds is 6. The van der Waals surface area contributed by atoms with Gasteiger partial charge in [-0.3, -0.25) is 0 Å². The Kier molecular flexibility index (Phi) is 30.8. The number of anilines is 1. The number of aromatic nitrogens is 1. The standard InChI is InChI=1S/C17H23N2O.6FH.Sb/c1-4-19(5-2)16-10-12-18(13-11-16)14-15-6-8-17(20-3)9-7-15;;;;;;;/h6-13H,4-5,14H2,1-3H3;6*1H;/q+1;;;;;;;+5/p-6. The van der Waals surface area contributed by atoms with Crippen molar-refractivity contribution in [2.45, 2.75) is 20.4 Å².